The predicted molar refractivity (Wildman–Crippen MR) is 199 cm³/mol. The Hall–Kier alpha value is -4.74. The first-order chi connectivity index (χ1) is 25.7. The van der Waals surface area contributed by atoms with Gasteiger partial charge in [0.25, 0.3) is 0 Å². The van der Waals surface area contributed by atoms with Gasteiger partial charge in [0.15, 0.2) is 0 Å². The lowest BCUT2D eigenvalue weighted by atomic mass is 9.98. The number of amides is 2. The summed E-state index contributed by atoms with van der Waals surface area (Å²) >= 11 is 0. The molecule has 0 atom stereocenters. The minimum absolute atomic E-state index is 0.0467. The van der Waals surface area contributed by atoms with Crippen LogP contribution in [0.15, 0.2) is 97.1 Å². The molecule has 0 radical (unpaired) electrons. The van der Waals surface area contributed by atoms with E-state index in [1.165, 1.54) is 44.5 Å². The predicted octanol–water partition coefficient (Wildman–Crippen LogP) is 6.91. The standard InChI is InChI=1S/C42H48N2O8/c45-41(51-29-39-35-15-5-1-11-31(35)32-12-2-6-16-36(32)39)43-19-9-21-47-23-25-49-27-28-50-26-24-48-22-10-20-44-42(46)52-30-40-37-17-7-3-13-33(37)34-14-4-8-18-38(34)40/h1-8,11-18,39-40H,9-10,19-30H2,(H,43,45)(H,44,46). The van der Waals surface area contributed by atoms with Gasteiger partial charge < -0.3 is 39.1 Å². The zero-order valence-corrected chi connectivity index (χ0v) is 29.6. The van der Waals surface area contributed by atoms with Gasteiger partial charge in [-0.3, -0.25) is 0 Å². The first kappa shape index (κ1) is 37.0. The minimum atomic E-state index is -0.418. The largest absolute Gasteiger partial charge is 0.449 e. The van der Waals surface area contributed by atoms with E-state index in [-0.39, 0.29) is 11.8 Å². The number of carbonyl (C=O) groups is 2. The van der Waals surface area contributed by atoms with Crippen molar-refractivity contribution in [2.45, 2.75) is 24.7 Å². The average Bonchev–Trinajstić information content (AvgIpc) is 3.68. The molecule has 2 aliphatic carbocycles. The molecule has 0 heterocycles. The third kappa shape index (κ3) is 9.98. The molecule has 0 saturated carbocycles. The van der Waals surface area contributed by atoms with Crippen molar-refractivity contribution in [2.75, 3.05) is 79.2 Å². The van der Waals surface area contributed by atoms with Gasteiger partial charge in [-0.2, -0.15) is 0 Å². The Labute approximate surface area is 305 Å². The first-order valence-electron chi connectivity index (χ1n) is 18.2. The molecule has 4 aromatic carbocycles. The zero-order chi connectivity index (χ0) is 35.8. The summed E-state index contributed by atoms with van der Waals surface area (Å²) in [7, 11) is 0. The second kappa shape index (κ2) is 19.8. The highest BCUT2D eigenvalue weighted by Crippen LogP contribution is 2.45. The second-order valence-corrected chi connectivity index (χ2v) is 12.7. The minimum Gasteiger partial charge on any atom is -0.449 e. The number of benzene rings is 4. The Balaban J connectivity index is 0.691. The zero-order valence-electron chi connectivity index (χ0n) is 29.6. The maximum absolute atomic E-state index is 12.3. The topological polar surface area (TPSA) is 114 Å². The lowest BCUT2D eigenvalue weighted by Crippen LogP contribution is -2.27. The third-order valence-corrected chi connectivity index (χ3v) is 9.27. The summed E-state index contributed by atoms with van der Waals surface area (Å²) in [6, 6.07) is 33.1. The van der Waals surface area contributed by atoms with Crippen molar-refractivity contribution in [1.29, 1.82) is 0 Å². The normalized spacial score (nSPS) is 12.8. The molecule has 2 N–H and O–H groups in total. The molecule has 274 valence electrons. The van der Waals surface area contributed by atoms with Gasteiger partial charge in [0, 0.05) is 38.1 Å². The summed E-state index contributed by atoms with van der Waals surface area (Å²) in [5.41, 5.74) is 9.60. The van der Waals surface area contributed by atoms with Crippen LogP contribution in [0.4, 0.5) is 9.59 Å². The van der Waals surface area contributed by atoms with E-state index in [0.717, 1.165) is 0 Å². The summed E-state index contributed by atoms with van der Waals surface area (Å²) in [5, 5.41) is 5.61. The molecule has 0 aliphatic heterocycles. The Kier molecular flexibility index (Phi) is 14.1. The number of rotatable bonds is 21. The number of carbonyl (C=O) groups excluding carboxylic acids is 2. The molecule has 10 heteroatoms. The molecular formula is C42H48N2O8. The lowest BCUT2D eigenvalue weighted by Gasteiger charge is -2.14. The van der Waals surface area contributed by atoms with E-state index in [2.05, 4.69) is 59.2 Å². The molecular weight excluding hydrogens is 660 g/mol. The van der Waals surface area contributed by atoms with Crippen LogP contribution in [0.1, 0.15) is 46.9 Å². The Bertz CT molecular complexity index is 1530. The fraction of sp³-hybridized carbons (Fsp3) is 0.381. The van der Waals surface area contributed by atoms with Gasteiger partial charge in [0.2, 0.25) is 0 Å². The number of ether oxygens (including phenoxy) is 6. The fourth-order valence-corrected chi connectivity index (χ4v) is 6.79. The van der Waals surface area contributed by atoms with Gasteiger partial charge in [0.1, 0.15) is 13.2 Å². The molecule has 0 unspecified atom stereocenters. The van der Waals surface area contributed by atoms with Gasteiger partial charge >= 0.3 is 12.2 Å². The molecule has 0 aromatic heterocycles. The molecule has 0 fully saturated rings. The van der Waals surface area contributed by atoms with Gasteiger partial charge in [-0.05, 0) is 57.3 Å². The van der Waals surface area contributed by atoms with Crippen LogP contribution in [0.5, 0.6) is 0 Å². The lowest BCUT2D eigenvalue weighted by molar-refractivity contribution is -0.00214. The van der Waals surface area contributed by atoms with Gasteiger partial charge in [-0.25, -0.2) is 9.59 Å². The Morgan fingerprint density at radius 3 is 1.04 bits per heavy atom. The van der Waals surface area contributed by atoms with Crippen LogP contribution >= 0.6 is 0 Å². The SMILES string of the molecule is O=C(NCCCOCCOCCOCCOCCCNC(=O)OCC1c2ccccc2-c2ccccc21)OCC1c2ccccc2-c2ccccc21. The highest BCUT2D eigenvalue weighted by Gasteiger charge is 2.30. The van der Waals surface area contributed by atoms with E-state index in [0.29, 0.717) is 92.0 Å². The maximum atomic E-state index is 12.3. The summed E-state index contributed by atoms with van der Waals surface area (Å²) in [6.07, 6.45) is 0.523. The van der Waals surface area contributed by atoms with E-state index in [1.54, 1.807) is 0 Å². The average molecular weight is 709 g/mol. The van der Waals surface area contributed by atoms with Gasteiger partial charge in [-0.1, -0.05) is 97.1 Å². The highest BCUT2D eigenvalue weighted by atomic mass is 16.6. The molecule has 10 nitrogen and oxygen atoms in total. The van der Waals surface area contributed by atoms with Gasteiger partial charge in [-0.15, -0.1) is 0 Å². The molecule has 0 saturated heterocycles. The smallest absolute Gasteiger partial charge is 0.407 e. The highest BCUT2D eigenvalue weighted by molar-refractivity contribution is 5.80. The van der Waals surface area contributed by atoms with Crippen LogP contribution in [0.25, 0.3) is 22.3 Å². The van der Waals surface area contributed by atoms with Gasteiger partial charge in [0.05, 0.1) is 39.6 Å². The van der Waals surface area contributed by atoms with Crippen molar-refractivity contribution in [3.63, 3.8) is 0 Å². The molecule has 2 amide bonds. The van der Waals surface area contributed by atoms with Crippen LogP contribution in [0.2, 0.25) is 0 Å². The number of alkyl carbamates (subject to hydrolysis) is 2. The summed E-state index contributed by atoms with van der Waals surface area (Å²) in [4.78, 5) is 24.6. The van der Waals surface area contributed by atoms with E-state index in [4.69, 9.17) is 28.4 Å². The van der Waals surface area contributed by atoms with Crippen molar-refractivity contribution in [3.05, 3.63) is 119 Å². The summed E-state index contributed by atoms with van der Waals surface area (Å²) < 4.78 is 33.4. The van der Waals surface area contributed by atoms with Crippen LogP contribution in [-0.4, -0.2) is 91.3 Å². The molecule has 4 aromatic rings. The maximum Gasteiger partial charge on any atom is 0.407 e. The second-order valence-electron chi connectivity index (χ2n) is 12.7. The third-order valence-electron chi connectivity index (χ3n) is 9.27. The molecule has 0 bridgehead atoms. The quantitative estimate of drug-likeness (QED) is 0.0899. The Morgan fingerprint density at radius 1 is 0.423 bits per heavy atom. The molecule has 2 aliphatic rings. The van der Waals surface area contributed by atoms with Crippen molar-refractivity contribution >= 4 is 12.2 Å². The van der Waals surface area contributed by atoms with Crippen LogP contribution in [0.3, 0.4) is 0 Å². The van der Waals surface area contributed by atoms with Crippen molar-refractivity contribution in [3.8, 4) is 22.3 Å². The van der Waals surface area contributed by atoms with Crippen molar-refractivity contribution in [1.82, 2.24) is 10.6 Å². The van der Waals surface area contributed by atoms with Crippen LogP contribution in [-0.2, 0) is 28.4 Å². The summed E-state index contributed by atoms with van der Waals surface area (Å²) in [6.45, 7) is 5.40. The number of nitrogens with one attached hydrogen (secondary N) is 2. The number of hydrogen-bond donors (Lipinski definition) is 2. The molecule has 0 spiro atoms. The fourth-order valence-electron chi connectivity index (χ4n) is 6.79. The number of fused-ring (bicyclic) bond motifs is 6. The monoisotopic (exact) mass is 708 g/mol. The van der Waals surface area contributed by atoms with E-state index < -0.39 is 12.2 Å². The van der Waals surface area contributed by atoms with Crippen LogP contribution < -0.4 is 10.6 Å². The van der Waals surface area contributed by atoms with Crippen LogP contribution in [0, 0.1) is 0 Å². The van der Waals surface area contributed by atoms with E-state index in [1.807, 2.05) is 48.5 Å². The Morgan fingerprint density at radius 2 is 0.712 bits per heavy atom. The van der Waals surface area contributed by atoms with E-state index in [9.17, 15) is 9.59 Å². The molecule has 52 heavy (non-hydrogen) atoms. The van der Waals surface area contributed by atoms with Crippen molar-refractivity contribution in [2.24, 2.45) is 0 Å². The number of hydrogen-bond acceptors (Lipinski definition) is 8. The first-order valence-corrected chi connectivity index (χ1v) is 18.2. The summed E-state index contributed by atoms with van der Waals surface area (Å²) in [5.74, 6) is 0.0935. The molecule has 6 rings (SSSR count). The van der Waals surface area contributed by atoms with E-state index >= 15 is 0 Å². The van der Waals surface area contributed by atoms with Crippen molar-refractivity contribution < 1.29 is 38.0 Å².